The first-order valence-corrected chi connectivity index (χ1v) is 3.85. The summed E-state index contributed by atoms with van der Waals surface area (Å²) in [4.78, 5) is 0. The third-order valence-corrected chi connectivity index (χ3v) is 1.67. The summed E-state index contributed by atoms with van der Waals surface area (Å²) in [5.41, 5.74) is 0. The molecule has 0 aliphatic carbocycles. The third kappa shape index (κ3) is 0.919. The van der Waals surface area contributed by atoms with E-state index in [9.17, 15) is 0 Å². The van der Waals surface area contributed by atoms with Crippen molar-refractivity contribution >= 4 is 26.3 Å². The molecule has 0 radical (unpaired) electrons. The molecule has 0 bridgehead atoms. The van der Waals surface area contributed by atoms with E-state index in [1.54, 1.807) is 0 Å². The molecule has 0 fully saturated rings. The maximum absolute atomic E-state index is 3.65. The van der Waals surface area contributed by atoms with E-state index in [0.29, 0.717) is 15.0 Å². The van der Waals surface area contributed by atoms with Gasteiger partial charge in [0.15, 0.2) is 0 Å². The Morgan fingerprint density at radius 2 is 2.50 bits per heavy atom. The van der Waals surface area contributed by atoms with E-state index in [-0.39, 0.29) is 0 Å². The fourth-order valence-corrected chi connectivity index (χ4v) is 0.982. The van der Waals surface area contributed by atoms with Gasteiger partial charge < -0.3 is 0 Å². The number of hydrogen-bond donors (Lipinski definition) is 0. The molecule has 0 saturated heterocycles. The zero-order valence-electron chi connectivity index (χ0n) is 3.16. The van der Waals surface area contributed by atoms with Crippen molar-refractivity contribution in [2.45, 2.75) is 5.32 Å². The van der Waals surface area contributed by atoms with Crippen LogP contribution in [0.15, 0.2) is 10.2 Å². The van der Waals surface area contributed by atoms with Crippen molar-refractivity contribution < 1.29 is 0 Å². The standard InChI is InChI=1S/C3H4N2Se/c1-2-6-3-5-4-1/h1,3H,2H2. The summed E-state index contributed by atoms with van der Waals surface area (Å²) in [5.74, 6) is 0. The molecule has 1 rings (SSSR count). The van der Waals surface area contributed by atoms with Crippen molar-refractivity contribution in [3.8, 4) is 0 Å². The second-order valence-electron chi connectivity index (χ2n) is 0.852. The molecule has 0 spiro atoms. The van der Waals surface area contributed by atoms with Crippen LogP contribution in [0, 0.1) is 0 Å². The molecule has 1 aliphatic rings. The van der Waals surface area contributed by atoms with Crippen LogP contribution in [0.4, 0.5) is 0 Å². The average molecular weight is 147 g/mol. The van der Waals surface area contributed by atoms with Crippen molar-refractivity contribution in [2.24, 2.45) is 10.2 Å². The summed E-state index contributed by atoms with van der Waals surface area (Å²) < 4.78 is 0. The van der Waals surface area contributed by atoms with Crippen LogP contribution in [0.5, 0.6) is 0 Å². The zero-order valence-corrected chi connectivity index (χ0v) is 4.88. The fourth-order valence-electron chi connectivity index (χ4n) is 0.227. The Kier molecular flexibility index (Phi) is 1.42. The van der Waals surface area contributed by atoms with Crippen LogP contribution < -0.4 is 0 Å². The molecule has 6 heavy (non-hydrogen) atoms. The molecule has 0 amide bonds. The Bertz CT molecular complexity index is 74.8. The minimum atomic E-state index is 0.613. The fraction of sp³-hybridized carbons (Fsp3) is 0.333. The Balaban J connectivity index is 2.46. The van der Waals surface area contributed by atoms with Gasteiger partial charge in [0.2, 0.25) is 0 Å². The van der Waals surface area contributed by atoms with Gasteiger partial charge in [-0.05, 0) is 0 Å². The number of nitrogens with zero attached hydrogens (tertiary/aromatic N) is 2. The Morgan fingerprint density at radius 3 is 2.67 bits per heavy atom. The summed E-state index contributed by atoms with van der Waals surface area (Å²) >= 11 is 0.613. The van der Waals surface area contributed by atoms with Gasteiger partial charge in [-0.1, -0.05) is 0 Å². The molecule has 0 N–H and O–H groups in total. The zero-order chi connectivity index (χ0) is 4.24. The summed E-state index contributed by atoms with van der Waals surface area (Å²) in [7, 11) is 0. The van der Waals surface area contributed by atoms with Crippen molar-refractivity contribution in [3.63, 3.8) is 0 Å². The summed E-state index contributed by atoms with van der Waals surface area (Å²) in [6.45, 7) is 0. The van der Waals surface area contributed by atoms with Crippen LogP contribution in [0.1, 0.15) is 0 Å². The molecule has 0 saturated carbocycles. The van der Waals surface area contributed by atoms with Crippen LogP contribution in [0.3, 0.4) is 0 Å². The summed E-state index contributed by atoms with van der Waals surface area (Å²) in [5, 5.41) is 10.3. The van der Waals surface area contributed by atoms with Crippen molar-refractivity contribution in [1.29, 1.82) is 0 Å². The normalized spacial score (nSPS) is 18.7. The summed E-state index contributed by atoms with van der Waals surface area (Å²) in [6, 6.07) is 0. The maximum atomic E-state index is 3.65. The first-order valence-electron chi connectivity index (χ1n) is 1.65. The first kappa shape index (κ1) is 4.03. The second kappa shape index (κ2) is 2.11. The predicted molar refractivity (Wildman–Crippen MR) is 27.5 cm³/mol. The molecule has 2 nitrogen and oxygen atoms in total. The van der Waals surface area contributed by atoms with Crippen LogP contribution in [0.2, 0.25) is 5.32 Å². The SMILES string of the molecule is C1=NN=C[Se]C1. The van der Waals surface area contributed by atoms with Crippen LogP contribution in [-0.4, -0.2) is 26.3 Å². The number of hydrogen-bond acceptors (Lipinski definition) is 2. The second-order valence-corrected chi connectivity index (χ2v) is 2.69. The van der Waals surface area contributed by atoms with E-state index >= 15 is 0 Å². The molecular formula is C3H4N2Se. The van der Waals surface area contributed by atoms with E-state index in [1.165, 1.54) is 0 Å². The van der Waals surface area contributed by atoms with Gasteiger partial charge in [-0.25, -0.2) is 0 Å². The predicted octanol–water partition coefficient (Wildman–Crippen LogP) is 0.137. The molecule has 0 aromatic carbocycles. The van der Waals surface area contributed by atoms with Crippen LogP contribution in [-0.2, 0) is 0 Å². The van der Waals surface area contributed by atoms with E-state index < -0.39 is 0 Å². The van der Waals surface area contributed by atoms with Crippen LogP contribution in [0.25, 0.3) is 0 Å². The summed E-state index contributed by atoms with van der Waals surface area (Å²) in [6.07, 6.45) is 1.85. The first-order chi connectivity index (χ1) is 3.00. The topological polar surface area (TPSA) is 24.7 Å². The van der Waals surface area contributed by atoms with Gasteiger partial charge in [-0.2, -0.15) is 0 Å². The van der Waals surface area contributed by atoms with Gasteiger partial charge in [-0.3, -0.25) is 0 Å². The Morgan fingerprint density at radius 1 is 1.50 bits per heavy atom. The van der Waals surface area contributed by atoms with E-state index in [4.69, 9.17) is 0 Å². The monoisotopic (exact) mass is 148 g/mol. The molecule has 3 heteroatoms. The third-order valence-electron chi connectivity index (χ3n) is 0.441. The minimum absolute atomic E-state index is 0.613. The van der Waals surface area contributed by atoms with Gasteiger partial charge >= 0.3 is 41.8 Å². The van der Waals surface area contributed by atoms with E-state index in [2.05, 4.69) is 10.2 Å². The molecular weight excluding hydrogens is 143 g/mol. The molecule has 0 unspecified atom stereocenters. The van der Waals surface area contributed by atoms with Gasteiger partial charge in [0.05, 0.1) is 0 Å². The van der Waals surface area contributed by atoms with Gasteiger partial charge in [0, 0.05) is 0 Å². The molecule has 0 aromatic rings. The van der Waals surface area contributed by atoms with E-state index in [0.717, 1.165) is 5.32 Å². The molecule has 0 aromatic heterocycles. The molecule has 1 aliphatic heterocycles. The van der Waals surface area contributed by atoms with E-state index in [1.807, 2.05) is 11.3 Å². The Labute approximate surface area is 42.5 Å². The van der Waals surface area contributed by atoms with Crippen molar-refractivity contribution in [1.82, 2.24) is 0 Å². The van der Waals surface area contributed by atoms with Gasteiger partial charge in [-0.15, -0.1) is 0 Å². The van der Waals surface area contributed by atoms with Crippen LogP contribution >= 0.6 is 0 Å². The Hall–Kier alpha value is -0.141. The molecule has 1 heterocycles. The van der Waals surface area contributed by atoms with Crippen molar-refractivity contribution in [3.05, 3.63) is 0 Å². The average Bonchev–Trinajstić information content (AvgIpc) is 1.72. The molecule has 32 valence electrons. The quantitative estimate of drug-likeness (QED) is 0.435. The number of rotatable bonds is 0. The van der Waals surface area contributed by atoms with Gasteiger partial charge in [0.25, 0.3) is 0 Å². The molecule has 0 atom stereocenters. The van der Waals surface area contributed by atoms with Gasteiger partial charge in [0.1, 0.15) is 0 Å². The van der Waals surface area contributed by atoms with Crippen molar-refractivity contribution in [2.75, 3.05) is 0 Å².